The number of nitrogens with zero attached hydrogens (tertiary/aromatic N) is 1. The van der Waals surface area contributed by atoms with Crippen molar-refractivity contribution in [3.63, 3.8) is 0 Å². The highest BCUT2D eigenvalue weighted by Crippen LogP contribution is 2.08. The summed E-state index contributed by atoms with van der Waals surface area (Å²) >= 11 is 1.61. The monoisotopic (exact) mass is 276 g/mol. The zero-order chi connectivity index (χ0) is 13.5. The van der Waals surface area contributed by atoms with E-state index in [4.69, 9.17) is 4.74 Å². The van der Waals surface area contributed by atoms with Gasteiger partial charge >= 0.3 is 6.09 Å². The Hall–Kier alpha value is -1.88. The predicted molar refractivity (Wildman–Crippen MR) is 75.2 cm³/mol. The van der Waals surface area contributed by atoms with E-state index in [1.165, 1.54) is 0 Å². The van der Waals surface area contributed by atoms with E-state index >= 15 is 0 Å². The highest BCUT2D eigenvalue weighted by molar-refractivity contribution is 7.09. The van der Waals surface area contributed by atoms with Crippen LogP contribution in [0.1, 0.15) is 16.3 Å². The summed E-state index contributed by atoms with van der Waals surface area (Å²) in [5.41, 5.74) is 2.00. The topological polar surface area (TPSA) is 51.2 Å². The van der Waals surface area contributed by atoms with Crippen LogP contribution < -0.4 is 5.32 Å². The molecule has 1 aromatic carbocycles. The maximum Gasteiger partial charge on any atom is 0.407 e. The minimum atomic E-state index is -0.392. The van der Waals surface area contributed by atoms with E-state index in [0.29, 0.717) is 13.2 Å². The molecule has 100 valence electrons. The van der Waals surface area contributed by atoms with Gasteiger partial charge in [0.1, 0.15) is 6.61 Å². The van der Waals surface area contributed by atoms with Gasteiger partial charge in [0.25, 0.3) is 0 Å². The number of ether oxygens (including phenoxy) is 1. The summed E-state index contributed by atoms with van der Waals surface area (Å²) < 4.78 is 5.10. The maximum absolute atomic E-state index is 11.5. The zero-order valence-corrected chi connectivity index (χ0v) is 11.6. The molecule has 0 saturated carbocycles. The van der Waals surface area contributed by atoms with Crippen molar-refractivity contribution in [2.75, 3.05) is 6.54 Å². The van der Waals surface area contributed by atoms with Crippen LogP contribution in [-0.4, -0.2) is 17.6 Å². The Bertz CT molecular complexity index is 525. The normalized spacial score (nSPS) is 10.2. The fraction of sp³-hybridized carbons (Fsp3) is 0.286. The molecule has 5 heteroatoms. The molecule has 1 amide bonds. The van der Waals surface area contributed by atoms with Crippen molar-refractivity contribution in [1.82, 2.24) is 10.3 Å². The summed E-state index contributed by atoms with van der Waals surface area (Å²) in [6.07, 6.45) is 0.344. The van der Waals surface area contributed by atoms with Gasteiger partial charge in [-0.1, -0.05) is 30.3 Å². The van der Waals surface area contributed by atoms with Gasteiger partial charge in [-0.2, -0.15) is 0 Å². The van der Waals surface area contributed by atoms with Crippen molar-refractivity contribution >= 4 is 17.4 Å². The summed E-state index contributed by atoms with van der Waals surface area (Å²) in [6.45, 7) is 2.80. The summed E-state index contributed by atoms with van der Waals surface area (Å²) in [5.74, 6) is 0. The van der Waals surface area contributed by atoms with Crippen LogP contribution in [-0.2, 0) is 17.8 Å². The summed E-state index contributed by atoms with van der Waals surface area (Å²) in [7, 11) is 0. The summed E-state index contributed by atoms with van der Waals surface area (Å²) in [5, 5.41) is 5.75. The molecule has 0 unspecified atom stereocenters. The number of carbonyl (C=O) groups is 1. The van der Waals surface area contributed by atoms with Gasteiger partial charge in [-0.15, -0.1) is 11.3 Å². The molecule has 0 saturated heterocycles. The fourth-order valence-corrected chi connectivity index (χ4v) is 2.34. The average molecular weight is 276 g/mol. The minimum Gasteiger partial charge on any atom is -0.445 e. The van der Waals surface area contributed by atoms with Gasteiger partial charge in [-0.05, 0) is 12.5 Å². The molecule has 0 aliphatic heterocycles. The van der Waals surface area contributed by atoms with E-state index in [9.17, 15) is 4.79 Å². The molecule has 0 aliphatic rings. The number of carbonyl (C=O) groups excluding carboxylic acids is 1. The molecule has 0 atom stereocenters. The van der Waals surface area contributed by atoms with Gasteiger partial charge in [0.2, 0.25) is 0 Å². The maximum atomic E-state index is 11.5. The lowest BCUT2D eigenvalue weighted by atomic mass is 10.2. The standard InChI is InChI=1S/C14H16N2O2S/c1-11-10-19-13(16-11)7-8-15-14(17)18-9-12-5-3-2-4-6-12/h2-6,10H,7-9H2,1H3,(H,15,17). The molecular weight excluding hydrogens is 260 g/mol. The van der Waals surface area contributed by atoms with Crippen LogP contribution >= 0.6 is 11.3 Å². The molecule has 19 heavy (non-hydrogen) atoms. The molecule has 1 heterocycles. The molecule has 1 aromatic heterocycles. The van der Waals surface area contributed by atoms with Gasteiger partial charge in [-0.3, -0.25) is 0 Å². The highest BCUT2D eigenvalue weighted by atomic mass is 32.1. The lowest BCUT2D eigenvalue weighted by Gasteiger charge is -2.06. The van der Waals surface area contributed by atoms with Crippen LogP contribution in [0.2, 0.25) is 0 Å². The summed E-state index contributed by atoms with van der Waals surface area (Å²) in [6, 6.07) is 9.61. The Morgan fingerprint density at radius 2 is 2.16 bits per heavy atom. The number of benzene rings is 1. The quantitative estimate of drug-likeness (QED) is 0.913. The molecule has 0 spiro atoms. The first-order chi connectivity index (χ1) is 9.24. The smallest absolute Gasteiger partial charge is 0.407 e. The van der Waals surface area contributed by atoms with Crippen molar-refractivity contribution in [2.45, 2.75) is 20.0 Å². The number of amides is 1. The average Bonchev–Trinajstić information content (AvgIpc) is 2.83. The minimum absolute atomic E-state index is 0.295. The van der Waals surface area contributed by atoms with E-state index in [1.807, 2.05) is 42.6 Å². The van der Waals surface area contributed by atoms with Gasteiger partial charge in [0, 0.05) is 24.0 Å². The first-order valence-corrected chi connectivity index (χ1v) is 6.97. The van der Waals surface area contributed by atoms with Gasteiger partial charge in [0.15, 0.2) is 0 Å². The van der Waals surface area contributed by atoms with Crippen molar-refractivity contribution < 1.29 is 9.53 Å². The first-order valence-electron chi connectivity index (χ1n) is 6.09. The van der Waals surface area contributed by atoms with Gasteiger partial charge in [0.05, 0.1) is 5.01 Å². The largest absolute Gasteiger partial charge is 0.445 e. The van der Waals surface area contributed by atoms with E-state index in [1.54, 1.807) is 11.3 Å². The third kappa shape index (κ3) is 4.71. The van der Waals surface area contributed by atoms with Crippen molar-refractivity contribution in [3.05, 3.63) is 52.0 Å². The SMILES string of the molecule is Cc1csc(CCNC(=O)OCc2ccccc2)n1. The molecular formula is C14H16N2O2S. The second-order valence-corrected chi connectivity index (χ2v) is 5.06. The van der Waals surface area contributed by atoms with Crippen molar-refractivity contribution in [1.29, 1.82) is 0 Å². The second-order valence-electron chi connectivity index (χ2n) is 4.12. The van der Waals surface area contributed by atoms with Crippen LogP contribution in [0, 0.1) is 6.92 Å². The number of aryl methyl sites for hydroxylation is 1. The number of thiazole rings is 1. The van der Waals surface area contributed by atoms with Crippen LogP contribution in [0.15, 0.2) is 35.7 Å². The predicted octanol–water partition coefficient (Wildman–Crippen LogP) is 2.92. The van der Waals surface area contributed by atoms with E-state index in [0.717, 1.165) is 22.7 Å². The molecule has 0 aliphatic carbocycles. The molecule has 0 fully saturated rings. The highest BCUT2D eigenvalue weighted by Gasteiger charge is 2.03. The molecule has 1 N–H and O–H groups in total. The fourth-order valence-electron chi connectivity index (χ4n) is 1.56. The molecule has 2 rings (SSSR count). The van der Waals surface area contributed by atoms with E-state index in [-0.39, 0.29) is 0 Å². The number of rotatable bonds is 5. The third-order valence-electron chi connectivity index (χ3n) is 2.49. The lowest BCUT2D eigenvalue weighted by Crippen LogP contribution is -2.26. The van der Waals surface area contributed by atoms with Crippen molar-refractivity contribution in [3.8, 4) is 0 Å². The zero-order valence-electron chi connectivity index (χ0n) is 10.8. The first kappa shape index (κ1) is 13.5. The van der Waals surface area contributed by atoms with Crippen LogP contribution in [0.5, 0.6) is 0 Å². The van der Waals surface area contributed by atoms with Crippen LogP contribution in [0.25, 0.3) is 0 Å². The van der Waals surface area contributed by atoms with Crippen LogP contribution in [0.3, 0.4) is 0 Å². The van der Waals surface area contributed by atoms with Crippen molar-refractivity contribution in [2.24, 2.45) is 0 Å². The molecule has 0 radical (unpaired) electrons. The van der Waals surface area contributed by atoms with Crippen LogP contribution in [0.4, 0.5) is 4.79 Å². The molecule has 2 aromatic rings. The Kier molecular flexibility index (Phi) is 4.92. The Balaban J connectivity index is 1.65. The Morgan fingerprint density at radius 3 is 2.84 bits per heavy atom. The molecule has 0 bridgehead atoms. The number of hydrogen-bond acceptors (Lipinski definition) is 4. The number of alkyl carbamates (subject to hydrolysis) is 1. The third-order valence-corrected chi connectivity index (χ3v) is 3.51. The summed E-state index contributed by atoms with van der Waals surface area (Å²) in [4.78, 5) is 15.8. The lowest BCUT2D eigenvalue weighted by molar-refractivity contribution is 0.140. The Morgan fingerprint density at radius 1 is 1.37 bits per heavy atom. The number of nitrogens with one attached hydrogen (secondary N) is 1. The van der Waals surface area contributed by atoms with Gasteiger partial charge in [-0.25, -0.2) is 9.78 Å². The Labute approximate surface area is 116 Å². The van der Waals surface area contributed by atoms with E-state index < -0.39 is 6.09 Å². The number of hydrogen-bond donors (Lipinski definition) is 1. The molecule has 4 nitrogen and oxygen atoms in total. The number of aromatic nitrogens is 1. The second kappa shape index (κ2) is 6.89. The van der Waals surface area contributed by atoms with Gasteiger partial charge < -0.3 is 10.1 Å². The van der Waals surface area contributed by atoms with E-state index in [2.05, 4.69) is 10.3 Å².